The largest absolute Gasteiger partial charge is 0.417 e. The van der Waals surface area contributed by atoms with Crippen molar-refractivity contribution in [2.75, 3.05) is 5.73 Å². The van der Waals surface area contributed by atoms with E-state index in [1.807, 2.05) is 6.92 Å². The highest BCUT2D eigenvalue weighted by molar-refractivity contribution is 5.99. The first-order valence-electron chi connectivity index (χ1n) is 11.7. The first-order chi connectivity index (χ1) is 17.2. The van der Waals surface area contributed by atoms with Crippen molar-refractivity contribution in [2.45, 2.75) is 57.7 Å². The predicted molar refractivity (Wildman–Crippen MR) is 125 cm³/mol. The molecule has 3 atom stereocenters. The molecule has 1 aliphatic heterocycles. The van der Waals surface area contributed by atoms with E-state index in [4.69, 9.17) is 10.5 Å². The van der Waals surface area contributed by atoms with Crippen molar-refractivity contribution in [3.8, 4) is 6.07 Å². The number of hydrogen-bond donors (Lipinski definition) is 1. The van der Waals surface area contributed by atoms with E-state index in [-0.39, 0.29) is 30.5 Å². The minimum atomic E-state index is -4.50. The minimum Gasteiger partial charge on any atom is -0.383 e. The Morgan fingerprint density at radius 2 is 2.08 bits per heavy atom. The molecule has 3 aromatic rings. The zero-order chi connectivity index (χ0) is 25.6. The molecule has 2 aromatic heterocycles. The van der Waals surface area contributed by atoms with E-state index in [1.165, 1.54) is 6.07 Å². The highest BCUT2D eigenvalue weighted by Crippen LogP contribution is 2.39. The lowest BCUT2D eigenvalue weighted by molar-refractivity contribution is -0.137. The Balaban J connectivity index is 1.52. The minimum absolute atomic E-state index is 0.00387. The van der Waals surface area contributed by atoms with Crippen molar-refractivity contribution >= 4 is 22.6 Å². The van der Waals surface area contributed by atoms with Crippen LogP contribution in [0.15, 0.2) is 36.5 Å². The quantitative estimate of drug-likeness (QED) is 0.536. The molecule has 1 saturated carbocycles. The molecular formula is C26H24F3N5O2. The van der Waals surface area contributed by atoms with E-state index in [0.29, 0.717) is 42.0 Å². The SMILES string of the molecule is C[C@@H]1OCc2c1c(N)nc1ccc(C(=O)N(Cc3ccc(C(F)(F)F)cn3)[C@@H]3CCC[C@H]3C#N)cc21. The number of hydrogen-bond acceptors (Lipinski definition) is 6. The Kier molecular flexibility index (Phi) is 6.04. The maximum atomic E-state index is 13.8. The average molecular weight is 496 g/mol. The van der Waals surface area contributed by atoms with Crippen LogP contribution in [0.1, 0.15) is 65.0 Å². The third kappa shape index (κ3) is 4.24. The number of pyridine rings is 2. The average Bonchev–Trinajstić information content (AvgIpc) is 3.49. The summed E-state index contributed by atoms with van der Waals surface area (Å²) in [6.45, 7) is 2.25. The van der Waals surface area contributed by atoms with Crippen LogP contribution in [0.3, 0.4) is 0 Å². The molecular weight excluding hydrogens is 471 g/mol. The highest BCUT2D eigenvalue weighted by atomic mass is 19.4. The molecule has 186 valence electrons. The molecule has 5 rings (SSSR count). The van der Waals surface area contributed by atoms with Crippen LogP contribution in [0.25, 0.3) is 10.9 Å². The lowest BCUT2D eigenvalue weighted by Crippen LogP contribution is -2.41. The molecule has 1 aliphatic carbocycles. The zero-order valence-electron chi connectivity index (χ0n) is 19.5. The Morgan fingerprint density at radius 1 is 1.28 bits per heavy atom. The van der Waals surface area contributed by atoms with Crippen LogP contribution in [-0.4, -0.2) is 26.8 Å². The van der Waals surface area contributed by atoms with Gasteiger partial charge in [0.2, 0.25) is 0 Å². The number of nitrogen functional groups attached to an aromatic ring is 1. The van der Waals surface area contributed by atoms with Gasteiger partial charge in [0, 0.05) is 28.8 Å². The van der Waals surface area contributed by atoms with Crippen LogP contribution < -0.4 is 5.73 Å². The molecule has 0 spiro atoms. The fourth-order valence-electron chi connectivity index (χ4n) is 5.23. The fraction of sp³-hybridized carbons (Fsp3) is 0.385. The number of anilines is 1. The summed E-state index contributed by atoms with van der Waals surface area (Å²) < 4.78 is 44.7. The number of nitrogens with two attached hydrogens (primary N) is 1. The van der Waals surface area contributed by atoms with E-state index >= 15 is 0 Å². The van der Waals surface area contributed by atoms with Gasteiger partial charge in [-0.1, -0.05) is 0 Å². The monoisotopic (exact) mass is 495 g/mol. The third-order valence-electron chi connectivity index (χ3n) is 7.09. The molecule has 2 N–H and O–H groups in total. The Morgan fingerprint density at radius 3 is 2.78 bits per heavy atom. The molecule has 10 heteroatoms. The standard InChI is InChI=1S/C26H24F3N5O2/c1-14-23-20(13-36-14)19-9-15(5-8-21(19)33-24(23)31)25(35)34(22-4-2-3-16(22)10-30)12-18-7-6-17(11-32-18)26(27,28)29/h5-9,11,14,16,22H,2-4,12-13H2,1H3,(H2,31,33)/t14-,16-,22+/m0/s1. The van der Waals surface area contributed by atoms with Gasteiger partial charge in [-0.3, -0.25) is 9.78 Å². The van der Waals surface area contributed by atoms with Crippen molar-refractivity contribution in [1.82, 2.24) is 14.9 Å². The molecule has 0 radical (unpaired) electrons. The van der Waals surface area contributed by atoms with Gasteiger partial charge in [0.25, 0.3) is 5.91 Å². The van der Waals surface area contributed by atoms with Gasteiger partial charge in [0.1, 0.15) is 5.82 Å². The van der Waals surface area contributed by atoms with Crippen molar-refractivity contribution in [2.24, 2.45) is 5.92 Å². The molecule has 1 aromatic carbocycles. The third-order valence-corrected chi connectivity index (χ3v) is 7.09. The van der Waals surface area contributed by atoms with E-state index in [1.54, 1.807) is 23.1 Å². The van der Waals surface area contributed by atoms with Gasteiger partial charge < -0.3 is 15.4 Å². The number of rotatable bonds is 4. The van der Waals surface area contributed by atoms with Gasteiger partial charge in [-0.05, 0) is 62.1 Å². The number of carbonyl (C=O) groups excluding carboxylic acids is 1. The number of amides is 1. The van der Waals surface area contributed by atoms with Crippen molar-refractivity contribution in [3.05, 3.63) is 64.5 Å². The predicted octanol–water partition coefficient (Wildman–Crippen LogP) is 5.16. The summed E-state index contributed by atoms with van der Waals surface area (Å²) in [5, 5.41) is 10.4. The van der Waals surface area contributed by atoms with E-state index < -0.39 is 11.7 Å². The van der Waals surface area contributed by atoms with Gasteiger partial charge in [0.15, 0.2) is 0 Å². The molecule has 3 heterocycles. The van der Waals surface area contributed by atoms with Crippen LogP contribution in [0, 0.1) is 17.2 Å². The van der Waals surface area contributed by atoms with Gasteiger partial charge in [-0.25, -0.2) is 4.98 Å². The Bertz CT molecular complexity index is 1370. The second-order valence-corrected chi connectivity index (χ2v) is 9.28. The van der Waals surface area contributed by atoms with Crippen molar-refractivity contribution in [3.63, 3.8) is 0 Å². The number of ether oxygens (including phenoxy) is 1. The molecule has 0 saturated heterocycles. The number of aromatic nitrogens is 2. The number of alkyl halides is 3. The summed E-state index contributed by atoms with van der Waals surface area (Å²) in [5.41, 5.74) is 8.35. The molecule has 1 fully saturated rings. The number of benzene rings is 1. The summed E-state index contributed by atoms with van der Waals surface area (Å²) in [6.07, 6.45) is -1.84. The maximum Gasteiger partial charge on any atom is 0.417 e. The number of halogens is 3. The Hall–Kier alpha value is -3.71. The summed E-state index contributed by atoms with van der Waals surface area (Å²) in [5.74, 6) is -0.272. The number of nitrogens with zero attached hydrogens (tertiary/aromatic N) is 4. The second-order valence-electron chi connectivity index (χ2n) is 9.28. The number of nitriles is 1. The second kappa shape index (κ2) is 9.06. The van der Waals surface area contributed by atoms with E-state index in [9.17, 15) is 23.2 Å². The summed E-state index contributed by atoms with van der Waals surface area (Å²) in [4.78, 5) is 23.8. The molecule has 0 unspecified atom stereocenters. The summed E-state index contributed by atoms with van der Waals surface area (Å²) >= 11 is 0. The number of carbonyl (C=O) groups is 1. The first-order valence-corrected chi connectivity index (χ1v) is 11.7. The van der Waals surface area contributed by atoms with Crippen LogP contribution >= 0.6 is 0 Å². The van der Waals surface area contributed by atoms with Gasteiger partial charge in [0.05, 0.1) is 48.0 Å². The zero-order valence-corrected chi connectivity index (χ0v) is 19.5. The van der Waals surface area contributed by atoms with Crippen LogP contribution in [0.5, 0.6) is 0 Å². The lowest BCUT2D eigenvalue weighted by atomic mass is 9.98. The summed E-state index contributed by atoms with van der Waals surface area (Å²) in [6, 6.07) is 9.30. The highest BCUT2D eigenvalue weighted by Gasteiger charge is 2.36. The topological polar surface area (TPSA) is 105 Å². The fourth-order valence-corrected chi connectivity index (χ4v) is 5.23. The van der Waals surface area contributed by atoms with Gasteiger partial charge in [-0.15, -0.1) is 0 Å². The molecule has 1 amide bonds. The van der Waals surface area contributed by atoms with E-state index in [2.05, 4.69) is 16.0 Å². The summed E-state index contributed by atoms with van der Waals surface area (Å²) in [7, 11) is 0. The van der Waals surface area contributed by atoms with Crippen molar-refractivity contribution in [1.29, 1.82) is 5.26 Å². The smallest absolute Gasteiger partial charge is 0.383 e. The van der Waals surface area contributed by atoms with Gasteiger partial charge >= 0.3 is 6.18 Å². The van der Waals surface area contributed by atoms with Crippen molar-refractivity contribution < 1.29 is 22.7 Å². The normalized spacial score (nSPS) is 21.4. The maximum absolute atomic E-state index is 13.8. The number of fused-ring (bicyclic) bond motifs is 3. The first kappa shape index (κ1) is 24.0. The molecule has 2 aliphatic rings. The van der Waals surface area contributed by atoms with Crippen LogP contribution in [0.4, 0.5) is 19.0 Å². The van der Waals surface area contributed by atoms with Crippen LogP contribution in [-0.2, 0) is 24.1 Å². The van der Waals surface area contributed by atoms with E-state index in [0.717, 1.165) is 35.2 Å². The van der Waals surface area contributed by atoms with Crippen LogP contribution in [0.2, 0.25) is 0 Å². The Labute approximate surface area is 205 Å². The van der Waals surface area contributed by atoms with Gasteiger partial charge in [-0.2, -0.15) is 18.4 Å². The lowest BCUT2D eigenvalue weighted by Gasteiger charge is -2.31. The molecule has 0 bridgehead atoms. The molecule has 7 nitrogen and oxygen atoms in total. The molecule has 36 heavy (non-hydrogen) atoms.